The van der Waals surface area contributed by atoms with Crippen molar-refractivity contribution in [3.05, 3.63) is 35.9 Å². The summed E-state index contributed by atoms with van der Waals surface area (Å²) in [6, 6.07) is 7.49. The van der Waals surface area contributed by atoms with Crippen molar-refractivity contribution in [1.82, 2.24) is 0 Å². The molecule has 3 N–H and O–H groups in total. The van der Waals surface area contributed by atoms with Crippen LogP contribution in [0.3, 0.4) is 0 Å². The number of anilines is 3. The van der Waals surface area contributed by atoms with Crippen molar-refractivity contribution in [3.8, 4) is 11.5 Å². The molecule has 0 radical (unpaired) electrons. The van der Waals surface area contributed by atoms with Gasteiger partial charge in [0, 0.05) is 0 Å². The summed E-state index contributed by atoms with van der Waals surface area (Å²) in [5.74, 6) is 0.207. The molecule has 140 valence electrons. The lowest BCUT2D eigenvalue weighted by molar-refractivity contribution is -0.119. The molecule has 2 amide bonds. The first-order valence-electron chi connectivity index (χ1n) is 7.99. The van der Waals surface area contributed by atoms with E-state index in [0.717, 1.165) is 0 Å². The molecule has 10 heteroatoms. The molecule has 0 saturated carbocycles. The van der Waals surface area contributed by atoms with E-state index in [4.69, 9.17) is 9.47 Å². The van der Waals surface area contributed by atoms with Gasteiger partial charge in [-0.05, 0) is 42.8 Å². The molecule has 0 unspecified atom stereocenters. The number of benzene rings is 2. The van der Waals surface area contributed by atoms with Gasteiger partial charge in [-0.3, -0.25) is 14.3 Å². The zero-order chi connectivity index (χ0) is 19.2. The Kier molecular flexibility index (Phi) is 3.92. The molecule has 0 aromatic heterocycles. The van der Waals surface area contributed by atoms with Crippen LogP contribution in [0, 0.1) is 6.92 Å². The number of rotatable bonds is 3. The predicted octanol–water partition coefficient (Wildman–Crippen LogP) is 1.46. The van der Waals surface area contributed by atoms with Crippen LogP contribution in [0.25, 0.3) is 0 Å². The van der Waals surface area contributed by atoms with Crippen LogP contribution in [0.1, 0.15) is 5.56 Å². The zero-order valence-electron chi connectivity index (χ0n) is 14.2. The Morgan fingerprint density at radius 1 is 0.926 bits per heavy atom. The highest BCUT2D eigenvalue weighted by Crippen LogP contribution is 2.35. The Morgan fingerprint density at radius 2 is 1.56 bits per heavy atom. The van der Waals surface area contributed by atoms with Crippen LogP contribution < -0.4 is 24.8 Å². The molecule has 0 saturated heterocycles. The Bertz CT molecular complexity index is 1080. The van der Waals surface area contributed by atoms with Crippen LogP contribution in [0.5, 0.6) is 11.5 Å². The molecule has 2 heterocycles. The van der Waals surface area contributed by atoms with Crippen LogP contribution in [0.15, 0.2) is 35.2 Å². The van der Waals surface area contributed by atoms with Gasteiger partial charge >= 0.3 is 0 Å². The average Bonchev–Trinajstić information content (AvgIpc) is 2.60. The summed E-state index contributed by atoms with van der Waals surface area (Å²) in [6.07, 6.45) is 0. The molecule has 2 aromatic carbocycles. The molecular formula is C17H15N3O6S. The van der Waals surface area contributed by atoms with Crippen molar-refractivity contribution in [3.63, 3.8) is 0 Å². The van der Waals surface area contributed by atoms with Crippen LogP contribution in [-0.2, 0) is 19.6 Å². The first-order chi connectivity index (χ1) is 12.8. The largest absolute Gasteiger partial charge is 0.482 e. The third-order valence-corrected chi connectivity index (χ3v) is 5.59. The summed E-state index contributed by atoms with van der Waals surface area (Å²) in [6.45, 7) is 1.44. The van der Waals surface area contributed by atoms with Gasteiger partial charge in [-0.2, -0.15) is 0 Å². The smallest absolute Gasteiger partial charge is 0.262 e. The van der Waals surface area contributed by atoms with E-state index in [1.54, 1.807) is 19.1 Å². The second kappa shape index (κ2) is 6.16. The molecule has 2 aliphatic rings. The van der Waals surface area contributed by atoms with Gasteiger partial charge in [-0.25, -0.2) is 8.42 Å². The molecule has 0 bridgehead atoms. The fourth-order valence-electron chi connectivity index (χ4n) is 2.85. The van der Waals surface area contributed by atoms with Gasteiger partial charge in [0.1, 0.15) is 11.5 Å². The SMILES string of the molecule is Cc1cc2c(cc1S(=O)(=O)Nc1ccc3c(c1)NC(=O)CO3)NC(=O)CO2. The number of carbonyl (C=O) groups excluding carboxylic acids is 2. The minimum Gasteiger partial charge on any atom is -0.482 e. The highest BCUT2D eigenvalue weighted by molar-refractivity contribution is 7.92. The van der Waals surface area contributed by atoms with Crippen LogP contribution in [-0.4, -0.2) is 33.4 Å². The van der Waals surface area contributed by atoms with E-state index in [1.807, 2.05) is 0 Å². The van der Waals surface area contributed by atoms with Crippen molar-refractivity contribution in [2.75, 3.05) is 28.6 Å². The van der Waals surface area contributed by atoms with E-state index < -0.39 is 10.0 Å². The Morgan fingerprint density at radius 3 is 2.26 bits per heavy atom. The lowest BCUT2D eigenvalue weighted by atomic mass is 10.2. The maximum absolute atomic E-state index is 12.8. The number of sulfonamides is 1. The Hall–Kier alpha value is -3.27. The summed E-state index contributed by atoms with van der Waals surface area (Å²) in [7, 11) is -3.95. The normalized spacial score (nSPS) is 15.4. The second-order valence-electron chi connectivity index (χ2n) is 6.10. The molecule has 27 heavy (non-hydrogen) atoms. The van der Waals surface area contributed by atoms with Crippen molar-refractivity contribution >= 4 is 38.9 Å². The third kappa shape index (κ3) is 3.26. The maximum atomic E-state index is 12.8. The summed E-state index contributed by atoms with van der Waals surface area (Å²) in [5, 5.41) is 5.21. The van der Waals surface area contributed by atoms with E-state index in [-0.39, 0.29) is 35.6 Å². The van der Waals surface area contributed by atoms with Crippen LogP contribution in [0.4, 0.5) is 17.1 Å². The minimum absolute atomic E-state index is 0.00468. The van der Waals surface area contributed by atoms with Crippen molar-refractivity contribution < 1.29 is 27.5 Å². The van der Waals surface area contributed by atoms with Gasteiger partial charge in [0.05, 0.1) is 22.0 Å². The highest BCUT2D eigenvalue weighted by Gasteiger charge is 2.24. The summed E-state index contributed by atoms with van der Waals surface area (Å²) in [4.78, 5) is 22.9. The summed E-state index contributed by atoms with van der Waals surface area (Å²) in [5.41, 5.74) is 1.40. The fourth-order valence-corrected chi connectivity index (χ4v) is 4.16. The van der Waals surface area contributed by atoms with Crippen molar-refractivity contribution in [1.29, 1.82) is 0 Å². The van der Waals surface area contributed by atoms with E-state index in [0.29, 0.717) is 28.4 Å². The molecule has 0 fully saturated rings. The number of fused-ring (bicyclic) bond motifs is 2. The molecule has 4 rings (SSSR count). The number of hydrogen-bond donors (Lipinski definition) is 3. The second-order valence-corrected chi connectivity index (χ2v) is 7.75. The standard InChI is InChI=1S/C17H15N3O6S/c1-9-4-14-12(19-17(22)8-26-14)6-15(9)27(23,24)20-10-2-3-13-11(5-10)18-16(21)7-25-13/h2-6,20H,7-8H2,1H3,(H,18,21)(H,19,22). The Labute approximate surface area is 154 Å². The van der Waals surface area contributed by atoms with E-state index in [1.165, 1.54) is 18.2 Å². The summed E-state index contributed by atoms with van der Waals surface area (Å²) >= 11 is 0. The molecule has 9 nitrogen and oxygen atoms in total. The molecule has 2 aliphatic heterocycles. The van der Waals surface area contributed by atoms with E-state index in [9.17, 15) is 18.0 Å². The lowest BCUT2D eigenvalue weighted by Crippen LogP contribution is -2.26. The van der Waals surface area contributed by atoms with Gasteiger partial charge in [0.25, 0.3) is 21.8 Å². The fraction of sp³-hybridized carbons (Fsp3) is 0.176. The highest BCUT2D eigenvalue weighted by atomic mass is 32.2. The van der Waals surface area contributed by atoms with Gasteiger partial charge in [-0.15, -0.1) is 0 Å². The zero-order valence-corrected chi connectivity index (χ0v) is 15.0. The molecular weight excluding hydrogens is 374 g/mol. The quantitative estimate of drug-likeness (QED) is 0.730. The number of nitrogens with one attached hydrogen (secondary N) is 3. The van der Waals surface area contributed by atoms with Crippen molar-refractivity contribution in [2.24, 2.45) is 0 Å². The summed E-state index contributed by atoms with van der Waals surface area (Å²) < 4.78 is 38.7. The van der Waals surface area contributed by atoms with Gasteiger partial charge in [0.2, 0.25) is 0 Å². The van der Waals surface area contributed by atoms with Gasteiger partial charge in [0.15, 0.2) is 13.2 Å². The number of aryl methyl sites for hydroxylation is 1. The van der Waals surface area contributed by atoms with Gasteiger partial charge < -0.3 is 20.1 Å². The number of ether oxygens (including phenoxy) is 2. The molecule has 0 atom stereocenters. The maximum Gasteiger partial charge on any atom is 0.262 e. The van der Waals surface area contributed by atoms with Gasteiger partial charge in [-0.1, -0.05) is 0 Å². The average molecular weight is 389 g/mol. The first-order valence-corrected chi connectivity index (χ1v) is 9.47. The lowest BCUT2D eigenvalue weighted by Gasteiger charge is -2.21. The molecule has 0 spiro atoms. The van der Waals surface area contributed by atoms with E-state index >= 15 is 0 Å². The van der Waals surface area contributed by atoms with Crippen molar-refractivity contribution in [2.45, 2.75) is 11.8 Å². The van der Waals surface area contributed by atoms with Crippen LogP contribution >= 0.6 is 0 Å². The topological polar surface area (TPSA) is 123 Å². The monoisotopic (exact) mass is 389 g/mol. The number of carbonyl (C=O) groups is 2. The first kappa shape index (κ1) is 17.2. The predicted molar refractivity (Wildman–Crippen MR) is 96.7 cm³/mol. The third-order valence-electron chi connectivity index (χ3n) is 4.06. The van der Waals surface area contributed by atoms with E-state index in [2.05, 4.69) is 15.4 Å². The number of amides is 2. The molecule has 2 aromatic rings. The minimum atomic E-state index is -3.95. The number of hydrogen-bond acceptors (Lipinski definition) is 6. The molecule has 0 aliphatic carbocycles. The Balaban J connectivity index is 1.66. The van der Waals surface area contributed by atoms with Crippen LogP contribution in [0.2, 0.25) is 0 Å².